The maximum absolute atomic E-state index is 14.3. The summed E-state index contributed by atoms with van der Waals surface area (Å²) in [5.74, 6) is -0.232. The first kappa shape index (κ1) is 33.8. The average Bonchev–Trinajstić information content (AvgIpc) is 3.32. The van der Waals surface area contributed by atoms with Crippen LogP contribution >= 0.6 is 0 Å². The van der Waals surface area contributed by atoms with Crippen LogP contribution in [-0.4, -0.2) is 71.1 Å². The maximum atomic E-state index is 14.3. The second-order valence-electron chi connectivity index (χ2n) is 15.0. The van der Waals surface area contributed by atoms with E-state index in [4.69, 9.17) is 9.47 Å². The summed E-state index contributed by atoms with van der Waals surface area (Å²) >= 11 is 0. The Kier molecular flexibility index (Phi) is 11.0. The highest BCUT2D eigenvalue weighted by Crippen LogP contribution is 2.38. The second kappa shape index (κ2) is 14.3. The number of ether oxygens (including phenoxy) is 2. The van der Waals surface area contributed by atoms with E-state index in [1.807, 2.05) is 75.6 Å². The molecule has 1 N–H and O–H groups in total. The fourth-order valence-corrected chi connectivity index (χ4v) is 6.97. The predicted molar refractivity (Wildman–Crippen MR) is 170 cm³/mol. The molecule has 0 aromatic heterocycles. The van der Waals surface area contributed by atoms with Gasteiger partial charge in [0.1, 0.15) is 11.2 Å². The Hall–Kier alpha value is -3.10. The molecule has 3 unspecified atom stereocenters. The molecule has 0 radical (unpaired) electrons. The van der Waals surface area contributed by atoms with Crippen LogP contribution < -0.4 is 5.32 Å². The van der Waals surface area contributed by atoms with Gasteiger partial charge in [0.2, 0.25) is 11.8 Å². The van der Waals surface area contributed by atoms with E-state index in [1.165, 1.54) is 32.1 Å². The first-order chi connectivity index (χ1) is 20.7. The van der Waals surface area contributed by atoms with E-state index < -0.39 is 17.1 Å². The topological polar surface area (TPSA) is 105 Å². The van der Waals surface area contributed by atoms with Crippen molar-refractivity contribution in [2.45, 2.75) is 116 Å². The first-order valence-electron chi connectivity index (χ1n) is 16.6. The molecule has 9 heteroatoms. The van der Waals surface area contributed by atoms with Crippen LogP contribution in [0, 0.1) is 17.8 Å². The number of fused-ring (bicyclic) bond motifs is 1. The van der Waals surface area contributed by atoms with Crippen molar-refractivity contribution in [1.29, 1.82) is 0 Å². The molecule has 2 heterocycles. The number of benzene rings is 1. The third kappa shape index (κ3) is 9.70. The van der Waals surface area contributed by atoms with Crippen LogP contribution in [0.1, 0.15) is 111 Å². The molecule has 1 aromatic rings. The van der Waals surface area contributed by atoms with E-state index in [9.17, 15) is 19.2 Å². The Balaban J connectivity index is 1.55. The molecule has 3 aliphatic rings. The number of carbonyl (C=O) groups excluding carboxylic acids is 4. The molecule has 4 rings (SSSR count). The minimum absolute atomic E-state index is 0.0718. The summed E-state index contributed by atoms with van der Waals surface area (Å²) in [7, 11) is 0. The molecular formula is C35H53N3O6. The number of likely N-dealkylation sites (tertiary alicyclic amines) is 1. The summed E-state index contributed by atoms with van der Waals surface area (Å²) < 4.78 is 11.3. The maximum Gasteiger partial charge on any atom is 0.410 e. The molecule has 44 heavy (non-hydrogen) atoms. The monoisotopic (exact) mass is 611 g/mol. The van der Waals surface area contributed by atoms with Crippen LogP contribution in [0.25, 0.3) is 0 Å². The van der Waals surface area contributed by atoms with E-state index in [2.05, 4.69) is 5.32 Å². The third-order valence-electron chi connectivity index (χ3n) is 8.88. The molecule has 0 bridgehead atoms. The van der Waals surface area contributed by atoms with Crippen molar-refractivity contribution in [3.05, 3.63) is 29.8 Å². The Morgan fingerprint density at radius 1 is 0.932 bits per heavy atom. The SMILES string of the molecule is CC(C)(C)OC(=O)CCCN(CC1CN(C(=O)OC(C)(C)C)CC1CC1CCCCC1)C(=O)C1CC(=O)Nc2ccccc21. The number of carbonyl (C=O) groups is 4. The van der Waals surface area contributed by atoms with Gasteiger partial charge in [-0.3, -0.25) is 14.4 Å². The van der Waals surface area contributed by atoms with Crippen LogP contribution in [0.4, 0.5) is 10.5 Å². The molecule has 3 amide bonds. The summed E-state index contributed by atoms with van der Waals surface area (Å²) in [6.07, 6.45) is 7.65. The lowest BCUT2D eigenvalue weighted by Gasteiger charge is -2.34. The summed E-state index contributed by atoms with van der Waals surface area (Å²) in [6.45, 7) is 13.1. The van der Waals surface area contributed by atoms with Gasteiger partial charge in [-0.25, -0.2) is 4.79 Å². The van der Waals surface area contributed by atoms with Crippen molar-refractivity contribution < 1.29 is 28.7 Å². The van der Waals surface area contributed by atoms with Gasteiger partial charge in [-0.05, 0) is 83.8 Å². The zero-order valence-corrected chi connectivity index (χ0v) is 27.7. The molecule has 9 nitrogen and oxygen atoms in total. The number of nitrogens with one attached hydrogen (secondary N) is 1. The molecule has 3 atom stereocenters. The third-order valence-corrected chi connectivity index (χ3v) is 8.88. The predicted octanol–water partition coefficient (Wildman–Crippen LogP) is 6.52. The molecule has 1 aliphatic carbocycles. The van der Waals surface area contributed by atoms with Gasteiger partial charge in [-0.1, -0.05) is 50.3 Å². The van der Waals surface area contributed by atoms with Gasteiger partial charge >= 0.3 is 12.1 Å². The molecule has 2 aliphatic heterocycles. The molecular weight excluding hydrogens is 558 g/mol. The van der Waals surface area contributed by atoms with Crippen molar-refractivity contribution in [2.24, 2.45) is 17.8 Å². The Labute approximate surface area is 263 Å². The quantitative estimate of drug-likeness (QED) is 0.319. The Morgan fingerprint density at radius 2 is 1.59 bits per heavy atom. The van der Waals surface area contributed by atoms with E-state index in [1.54, 1.807) is 0 Å². The van der Waals surface area contributed by atoms with Crippen molar-refractivity contribution in [1.82, 2.24) is 9.80 Å². The van der Waals surface area contributed by atoms with Crippen LogP contribution in [-0.2, 0) is 23.9 Å². The van der Waals surface area contributed by atoms with Gasteiger partial charge in [0.15, 0.2) is 0 Å². The number of hydrogen-bond donors (Lipinski definition) is 1. The number of hydrogen-bond acceptors (Lipinski definition) is 6. The highest BCUT2D eigenvalue weighted by molar-refractivity contribution is 6.01. The van der Waals surface area contributed by atoms with Crippen molar-refractivity contribution in [3.8, 4) is 0 Å². The van der Waals surface area contributed by atoms with Gasteiger partial charge in [0.05, 0.1) is 5.92 Å². The van der Waals surface area contributed by atoms with Crippen molar-refractivity contribution in [2.75, 3.05) is 31.5 Å². The van der Waals surface area contributed by atoms with Gasteiger partial charge in [-0.2, -0.15) is 0 Å². The molecule has 2 fully saturated rings. The van der Waals surface area contributed by atoms with E-state index in [0.29, 0.717) is 44.2 Å². The lowest BCUT2D eigenvalue weighted by Crippen LogP contribution is -2.43. The Morgan fingerprint density at radius 3 is 2.27 bits per heavy atom. The zero-order chi connectivity index (χ0) is 32.1. The summed E-state index contributed by atoms with van der Waals surface area (Å²) in [4.78, 5) is 56.3. The fourth-order valence-electron chi connectivity index (χ4n) is 6.97. The largest absolute Gasteiger partial charge is 0.460 e. The molecule has 244 valence electrons. The standard InChI is InChI=1S/C35H53N3O6/c1-34(2,3)43-31(40)17-12-18-37(32(41)28-20-30(39)36-29-16-11-10-15-27(28)29)22-26-23-38(33(42)44-35(4,5)6)21-25(26)19-24-13-8-7-9-14-24/h10-11,15-16,24-26,28H,7-9,12-14,17-23H2,1-6H3,(H,36,39). The average molecular weight is 612 g/mol. The van der Waals surface area contributed by atoms with Gasteiger partial charge in [0.25, 0.3) is 0 Å². The lowest BCUT2D eigenvalue weighted by atomic mass is 9.79. The van der Waals surface area contributed by atoms with Gasteiger partial charge in [0, 0.05) is 44.7 Å². The molecule has 0 spiro atoms. The van der Waals surface area contributed by atoms with Crippen LogP contribution in [0.5, 0.6) is 0 Å². The van der Waals surface area contributed by atoms with E-state index >= 15 is 0 Å². The minimum atomic E-state index is -0.596. The lowest BCUT2D eigenvalue weighted by molar-refractivity contribution is -0.155. The second-order valence-corrected chi connectivity index (χ2v) is 15.0. The number of amides is 3. The van der Waals surface area contributed by atoms with Crippen molar-refractivity contribution >= 4 is 29.6 Å². The van der Waals surface area contributed by atoms with Crippen LogP contribution in [0.3, 0.4) is 0 Å². The minimum Gasteiger partial charge on any atom is -0.460 e. The Bertz CT molecular complexity index is 1180. The molecule has 1 saturated heterocycles. The van der Waals surface area contributed by atoms with E-state index in [0.717, 1.165) is 12.0 Å². The van der Waals surface area contributed by atoms with E-state index in [-0.39, 0.29) is 48.6 Å². The van der Waals surface area contributed by atoms with Gasteiger partial charge < -0.3 is 24.6 Å². The molecule has 1 saturated carbocycles. The summed E-state index contributed by atoms with van der Waals surface area (Å²) in [6, 6.07) is 7.47. The van der Waals surface area contributed by atoms with Crippen LogP contribution in [0.2, 0.25) is 0 Å². The summed E-state index contributed by atoms with van der Waals surface area (Å²) in [5.41, 5.74) is 0.317. The number of nitrogens with zero attached hydrogens (tertiary/aromatic N) is 2. The smallest absolute Gasteiger partial charge is 0.410 e. The number of anilines is 1. The number of esters is 1. The highest BCUT2D eigenvalue weighted by Gasteiger charge is 2.41. The number of rotatable bonds is 9. The zero-order valence-electron chi connectivity index (χ0n) is 27.7. The normalized spacial score (nSPS) is 22.6. The van der Waals surface area contributed by atoms with Gasteiger partial charge in [-0.15, -0.1) is 0 Å². The van der Waals surface area contributed by atoms with Crippen molar-refractivity contribution in [3.63, 3.8) is 0 Å². The molecule has 1 aromatic carbocycles. The van der Waals surface area contributed by atoms with Crippen LogP contribution in [0.15, 0.2) is 24.3 Å². The number of para-hydroxylation sites is 1. The fraction of sp³-hybridized carbons (Fsp3) is 0.714. The first-order valence-corrected chi connectivity index (χ1v) is 16.6. The summed E-state index contributed by atoms with van der Waals surface area (Å²) in [5, 5.41) is 2.90. The highest BCUT2D eigenvalue weighted by atomic mass is 16.6.